The first-order valence-electron chi connectivity index (χ1n) is 3.81. The lowest BCUT2D eigenvalue weighted by Crippen LogP contribution is -2.23. The van der Waals surface area contributed by atoms with Gasteiger partial charge in [0.1, 0.15) is 0 Å². The van der Waals surface area contributed by atoms with E-state index in [4.69, 9.17) is 5.73 Å². The molecule has 0 saturated heterocycles. The number of nitrogens with two attached hydrogens (primary N) is 1. The molecular weight excluding hydrogens is 232 g/mol. The molecule has 0 saturated carbocycles. The zero-order valence-electron chi connectivity index (χ0n) is 7.54. The molecule has 0 spiro atoms. The summed E-state index contributed by atoms with van der Waals surface area (Å²) < 4.78 is 0.908. The lowest BCUT2D eigenvalue weighted by atomic mass is 10.2. The third-order valence-electron chi connectivity index (χ3n) is 1.82. The summed E-state index contributed by atoms with van der Waals surface area (Å²) in [6.07, 6.45) is 0. The maximum atomic E-state index is 11.0. The minimum atomic E-state index is -0.0333. The van der Waals surface area contributed by atoms with E-state index in [2.05, 4.69) is 15.9 Å². The maximum absolute atomic E-state index is 11.0. The van der Waals surface area contributed by atoms with Crippen molar-refractivity contribution in [2.24, 2.45) is 0 Å². The molecular formula is C9H11BrN2O. The first kappa shape index (κ1) is 10.1. The van der Waals surface area contributed by atoms with Gasteiger partial charge in [-0.1, -0.05) is 15.9 Å². The molecule has 0 heterocycles. The highest BCUT2D eigenvalue weighted by atomic mass is 79.9. The molecule has 0 aliphatic rings. The molecule has 2 N–H and O–H groups in total. The number of nitrogen functional groups attached to an aromatic ring is 1. The summed E-state index contributed by atoms with van der Waals surface area (Å²) in [5, 5.41) is 0. The molecule has 1 aromatic rings. The van der Waals surface area contributed by atoms with Crippen LogP contribution in [-0.4, -0.2) is 13.0 Å². The van der Waals surface area contributed by atoms with Crippen molar-refractivity contribution in [1.82, 2.24) is 0 Å². The minimum absolute atomic E-state index is 0.0333. The Morgan fingerprint density at radius 1 is 1.54 bits per heavy atom. The highest BCUT2D eigenvalue weighted by molar-refractivity contribution is 9.10. The van der Waals surface area contributed by atoms with Gasteiger partial charge in [0.25, 0.3) is 0 Å². The molecule has 4 heteroatoms. The summed E-state index contributed by atoms with van der Waals surface area (Å²) in [5.74, 6) is -0.0333. The van der Waals surface area contributed by atoms with Gasteiger partial charge in [-0.25, -0.2) is 0 Å². The topological polar surface area (TPSA) is 46.3 Å². The molecule has 0 aromatic heterocycles. The average molecular weight is 243 g/mol. The Bertz CT molecular complexity index is 338. The number of carbonyl (C=O) groups is 1. The van der Waals surface area contributed by atoms with Gasteiger partial charge in [-0.2, -0.15) is 0 Å². The number of nitrogens with zero attached hydrogens (tertiary/aromatic N) is 1. The molecule has 1 aromatic carbocycles. The standard InChI is InChI=1S/C9H11BrN2O/c1-6(13)12(2)9-4-3-7(10)5-8(9)11/h3-5H,11H2,1-2H3. The molecule has 0 radical (unpaired) electrons. The van der Waals surface area contributed by atoms with Gasteiger partial charge in [0, 0.05) is 18.4 Å². The van der Waals surface area contributed by atoms with Crippen LogP contribution >= 0.6 is 15.9 Å². The van der Waals surface area contributed by atoms with E-state index in [-0.39, 0.29) is 5.91 Å². The number of rotatable bonds is 1. The fraction of sp³-hybridized carbons (Fsp3) is 0.222. The van der Waals surface area contributed by atoms with Gasteiger partial charge in [-0.3, -0.25) is 4.79 Å². The van der Waals surface area contributed by atoms with Crippen molar-refractivity contribution < 1.29 is 4.79 Å². The van der Waals surface area contributed by atoms with Crippen molar-refractivity contribution in [3.05, 3.63) is 22.7 Å². The highest BCUT2D eigenvalue weighted by Crippen LogP contribution is 2.25. The lowest BCUT2D eigenvalue weighted by molar-refractivity contribution is -0.116. The van der Waals surface area contributed by atoms with Crippen LogP contribution in [-0.2, 0) is 4.79 Å². The van der Waals surface area contributed by atoms with Crippen molar-refractivity contribution >= 4 is 33.2 Å². The zero-order chi connectivity index (χ0) is 10.0. The lowest BCUT2D eigenvalue weighted by Gasteiger charge is -2.17. The molecule has 0 unspecified atom stereocenters. The average Bonchev–Trinajstić information content (AvgIpc) is 2.03. The van der Waals surface area contributed by atoms with Gasteiger partial charge < -0.3 is 10.6 Å². The van der Waals surface area contributed by atoms with Gasteiger partial charge in [0.2, 0.25) is 5.91 Å². The Labute approximate surface area is 85.7 Å². The van der Waals surface area contributed by atoms with E-state index in [9.17, 15) is 4.79 Å². The second-order valence-corrected chi connectivity index (χ2v) is 3.70. The number of hydrogen-bond donors (Lipinski definition) is 1. The van der Waals surface area contributed by atoms with Crippen LogP contribution in [0, 0.1) is 0 Å². The Hall–Kier alpha value is -1.03. The SMILES string of the molecule is CC(=O)N(C)c1ccc(Br)cc1N. The second-order valence-electron chi connectivity index (χ2n) is 2.78. The van der Waals surface area contributed by atoms with Crippen LogP contribution in [0.15, 0.2) is 22.7 Å². The van der Waals surface area contributed by atoms with Crippen LogP contribution < -0.4 is 10.6 Å². The number of carbonyl (C=O) groups excluding carboxylic acids is 1. The van der Waals surface area contributed by atoms with Gasteiger partial charge in [-0.05, 0) is 18.2 Å². The van der Waals surface area contributed by atoms with Crippen LogP contribution in [0.5, 0.6) is 0 Å². The number of hydrogen-bond acceptors (Lipinski definition) is 2. The van der Waals surface area contributed by atoms with E-state index in [1.165, 1.54) is 11.8 Å². The van der Waals surface area contributed by atoms with Crippen molar-refractivity contribution in [1.29, 1.82) is 0 Å². The van der Waals surface area contributed by atoms with Crippen LogP contribution in [0.1, 0.15) is 6.92 Å². The van der Waals surface area contributed by atoms with E-state index in [1.807, 2.05) is 6.07 Å². The molecule has 0 bridgehead atoms. The second kappa shape index (κ2) is 3.79. The van der Waals surface area contributed by atoms with Crippen molar-refractivity contribution in [2.75, 3.05) is 17.7 Å². The van der Waals surface area contributed by atoms with Crippen LogP contribution in [0.2, 0.25) is 0 Å². The monoisotopic (exact) mass is 242 g/mol. The Morgan fingerprint density at radius 2 is 2.15 bits per heavy atom. The zero-order valence-corrected chi connectivity index (χ0v) is 9.13. The van der Waals surface area contributed by atoms with Gasteiger partial charge in [-0.15, -0.1) is 0 Å². The fourth-order valence-electron chi connectivity index (χ4n) is 1.00. The fourth-order valence-corrected chi connectivity index (χ4v) is 1.38. The quantitative estimate of drug-likeness (QED) is 0.767. The molecule has 70 valence electrons. The van der Waals surface area contributed by atoms with E-state index in [1.54, 1.807) is 19.2 Å². The van der Waals surface area contributed by atoms with Gasteiger partial charge in [0.05, 0.1) is 11.4 Å². The third kappa shape index (κ3) is 2.21. The first-order valence-corrected chi connectivity index (χ1v) is 4.61. The smallest absolute Gasteiger partial charge is 0.223 e. The summed E-state index contributed by atoms with van der Waals surface area (Å²) in [5.41, 5.74) is 7.06. The predicted molar refractivity (Wildman–Crippen MR) is 57.6 cm³/mol. The number of halogens is 1. The largest absolute Gasteiger partial charge is 0.397 e. The summed E-state index contributed by atoms with van der Waals surface area (Å²) >= 11 is 3.30. The molecule has 0 fully saturated rings. The predicted octanol–water partition coefficient (Wildman–Crippen LogP) is 2.01. The normalized spacial score (nSPS) is 9.77. The minimum Gasteiger partial charge on any atom is -0.397 e. The van der Waals surface area contributed by atoms with E-state index in [0.717, 1.165) is 10.2 Å². The summed E-state index contributed by atoms with van der Waals surface area (Å²) in [4.78, 5) is 12.6. The van der Waals surface area contributed by atoms with Crippen molar-refractivity contribution in [3.8, 4) is 0 Å². The maximum Gasteiger partial charge on any atom is 0.223 e. The molecule has 1 amide bonds. The highest BCUT2D eigenvalue weighted by Gasteiger charge is 2.08. The first-order chi connectivity index (χ1) is 6.02. The van der Waals surface area contributed by atoms with Crippen molar-refractivity contribution in [2.45, 2.75) is 6.92 Å². The molecule has 13 heavy (non-hydrogen) atoms. The summed E-state index contributed by atoms with van der Waals surface area (Å²) in [7, 11) is 1.70. The number of anilines is 2. The Balaban J connectivity index is 3.08. The van der Waals surface area contributed by atoms with E-state index < -0.39 is 0 Å². The van der Waals surface area contributed by atoms with Gasteiger partial charge in [0.15, 0.2) is 0 Å². The Kier molecular flexibility index (Phi) is 2.93. The molecule has 3 nitrogen and oxygen atoms in total. The molecule has 0 aliphatic heterocycles. The molecule has 0 atom stereocenters. The molecule has 0 aliphatic carbocycles. The van der Waals surface area contributed by atoms with Crippen LogP contribution in [0.4, 0.5) is 11.4 Å². The summed E-state index contributed by atoms with van der Waals surface area (Å²) in [6.45, 7) is 1.50. The number of amides is 1. The van der Waals surface area contributed by atoms with Crippen LogP contribution in [0.25, 0.3) is 0 Å². The summed E-state index contributed by atoms with van der Waals surface area (Å²) in [6, 6.07) is 5.43. The van der Waals surface area contributed by atoms with E-state index in [0.29, 0.717) is 5.69 Å². The number of benzene rings is 1. The third-order valence-corrected chi connectivity index (χ3v) is 2.32. The van der Waals surface area contributed by atoms with E-state index >= 15 is 0 Å². The van der Waals surface area contributed by atoms with Crippen LogP contribution in [0.3, 0.4) is 0 Å². The van der Waals surface area contributed by atoms with Crippen molar-refractivity contribution in [3.63, 3.8) is 0 Å². The Morgan fingerprint density at radius 3 is 2.62 bits per heavy atom. The van der Waals surface area contributed by atoms with Gasteiger partial charge >= 0.3 is 0 Å². The molecule has 1 rings (SSSR count).